The summed E-state index contributed by atoms with van der Waals surface area (Å²) in [7, 11) is 0. The lowest BCUT2D eigenvalue weighted by Crippen LogP contribution is -2.45. The van der Waals surface area contributed by atoms with Crippen LogP contribution in [0.25, 0.3) is 0 Å². The third-order valence-corrected chi connectivity index (χ3v) is 4.33. The summed E-state index contributed by atoms with van der Waals surface area (Å²) in [5.74, 6) is 1.09. The van der Waals surface area contributed by atoms with E-state index in [1.54, 1.807) is 0 Å². The Morgan fingerprint density at radius 1 is 1.39 bits per heavy atom. The number of hydrogen-bond donors (Lipinski definition) is 2. The number of hydrogen-bond acceptors (Lipinski definition) is 3. The molecule has 0 aromatic heterocycles. The molecule has 1 heterocycles. The van der Waals surface area contributed by atoms with Gasteiger partial charge in [-0.1, -0.05) is 6.92 Å². The Hall–Kier alpha value is -0.610. The van der Waals surface area contributed by atoms with Gasteiger partial charge in [-0.15, -0.1) is 0 Å². The van der Waals surface area contributed by atoms with Crippen LogP contribution in [0, 0.1) is 5.92 Å². The van der Waals surface area contributed by atoms with Crippen LogP contribution < -0.4 is 11.1 Å². The highest BCUT2D eigenvalue weighted by atomic mass is 16.2. The first-order valence-electron chi connectivity index (χ1n) is 7.43. The van der Waals surface area contributed by atoms with Gasteiger partial charge in [0, 0.05) is 38.1 Å². The normalized spacial score (nSPS) is 29.8. The van der Waals surface area contributed by atoms with Crippen LogP contribution in [0.4, 0.5) is 0 Å². The molecule has 1 saturated heterocycles. The molecule has 0 aromatic rings. The molecule has 3 atom stereocenters. The topological polar surface area (TPSA) is 58.4 Å². The molecule has 18 heavy (non-hydrogen) atoms. The van der Waals surface area contributed by atoms with Gasteiger partial charge in [-0.25, -0.2) is 0 Å². The van der Waals surface area contributed by atoms with E-state index in [2.05, 4.69) is 12.2 Å². The van der Waals surface area contributed by atoms with Gasteiger partial charge in [0.1, 0.15) is 0 Å². The predicted molar refractivity (Wildman–Crippen MR) is 73.2 cm³/mol. The van der Waals surface area contributed by atoms with Gasteiger partial charge >= 0.3 is 0 Å². The average molecular weight is 253 g/mol. The van der Waals surface area contributed by atoms with E-state index in [0.29, 0.717) is 19.0 Å². The molecule has 1 aliphatic heterocycles. The van der Waals surface area contributed by atoms with Gasteiger partial charge in [0.2, 0.25) is 5.91 Å². The minimum Gasteiger partial charge on any atom is -0.343 e. The van der Waals surface area contributed by atoms with Crippen LogP contribution in [-0.2, 0) is 4.79 Å². The molecule has 0 spiro atoms. The third kappa shape index (κ3) is 3.69. The van der Waals surface area contributed by atoms with E-state index < -0.39 is 0 Å². The predicted octanol–water partition coefficient (Wildman–Crippen LogP) is 1.10. The van der Waals surface area contributed by atoms with Gasteiger partial charge in [0.15, 0.2) is 0 Å². The van der Waals surface area contributed by atoms with Crippen LogP contribution in [0.2, 0.25) is 0 Å². The van der Waals surface area contributed by atoms with Crippen molar-refractivity contribution in [2.24, 2.45) is 11.7 Å². The van der Waals surface area contributed by atoms with Crippen molar-refractivity contribution >= 4 is 5.91 Å². The summed E-state index contributed by atoms with van der Waals surface area (Å²) >= 11 is 0. The fraction of sp³-hybridized carbons (Fsp3) is 0.929. The molecule has 2 fully saturated rings. The molecular formula is C14H27N3O. The van der Waals surface area contributed by atoms with E-state index in [1.165, 1.54) is 19.3 Å². The summed E-state index contributed by atoms with van der Waals surface area (Å²) in [5, 5.41) is 3.58. The highest BCUT2D eigenvalue weighted by Crippen LogP contribution is 2.25. The Bertz CT molecular complexity index is 276. The summed E-state index contributed by atoms with van der Waals surface area (Å²) in [6.45, 7) is 4.74. The molecule has 0 radical (unpaired) electrons. The lowest BCUT2D eigenvalue weighted by atomic mass is 10.1. The van der Waals surface area contributed by atoms with Gasteiger partial charge in [-0.2, -0.15) is 0 Å². The molecule has 3 N–H and O–H groups in total. The highest BCUT2D eigenvalue weighted by molar-refractivity contribution is 5.77. The summed E-state index contributed by atoms with van der Waals surface area (Å²) in [5.41, 5.74) is 5.80. The van der Waals surface area contributed by atoms with Crippen LogP contribution in [0.1, 0.15) is 45.4 Å². The number of carbonyl (C=O) groups excluding carboxylic acids is 1. The Morgan fingerprint density at radius 2 is 2.11 bits per heavy atom. The molecular weight excluding hydrogens is 226 g/mol. The molecule has 1 saturated carbocycles. The van der Waals surface area contributed by atoms with Crippen LogP contribution in [0.15, 0.2) is 0 Å². The monoisotopic (exact) mass is 253 g/mol. The summed E-state index contributed by atoms with van der Waals surface area (Å²) in [6, 6.07) is 0.730. The van der Waals surface area contributed by atoms with Crippen LogP contribution >= 0.6 is 0 Å². The van der Waals surface area contributed by atoms with Gasteiger partial charge < -0.3 is 16.0 Å². The van der Waals surface area contributed by atoms with E-state index in [1.807, 2.05) is 4.90 Å². The Balaban J connectivity index is 1.75. The van der Waals surface area contributed by atoms with Crippen molar-refractivity contribution < 1.29 is 4.79 Å². The van der Waals surface area contributed by atoms with Crippen molar-refractivity contribution in [2.45, 2.75) is 57.5 Å². The second-order valence-corrected chi connectivity index (χ2v) is 6.01. The SMILES string of the molecule is CC1CCC(NC(CN)CC(=O)N2CCCC2)C1. The molecule has 0 bridgehead atoms. The minimum atomic E-state index is 0.161. The molecule has 2 aliphatic rings. The number of nitrogens with one attached hydrogen (secondary N) is 1. The van der Waals surface area contributed by atoms with Gasteiger partial charge in [0.05, 0.1) is 0 Å². The standard InChI is InChI=1S/C14H27N3O/c1-11-4-5-12(8-11)16-13(10-15)9-14(18)17-6-2-3-7-17/h11-13,16H,2-10,15H2,1H3. The Morgan fingerprint density at radius 3 is 2.67 bits per heavy atom. The fourth-order valence-electron chi connectivity index (χ4n) is 3.21. The second-order valence-electron chi connectivity index (χ2n) is 6.01. The smallest absolute Gasteiger partial charge is 0.224 e. The maximum atomic E-state index is 12.1. The molecule has 104 valence electrons. The number of nitrogens with two attached hydrogens (primary N) is 1. The zero-order valence-corrected chi connectivity index (χ0v) is 11.5. The van der Waals surface area contributed by atoms with Crippen molar-refractivity contribution in [2.75, 3.05) is 19.6 Å². The summed E-state index contributed by atoms with van der Waals surface area (Å²) < 4.78 is 0. The molecule has 3 unspecified atom stereocenters. The maximum absolute atomic E-state index is 12.1. The molecule has 0 aromatic carbocycles. The molecule has 4 heteroatoms. The van der Waals surface area contributed by atoms with Gasteiger partial charge in [0.25, 0.3) is 0 Å². The van der Waals surface area contributed by atoms with Gasteiger partial charge in [-0.3, -0.25) is 4.79 Å². The lowest BCUT2D eigenvalue weighted by Gasteiger charge is -2.24. The zero-order valence-electron chi connectivity index (χ0n) is 11.5. The fourth-order valence-corrected chi connectivity index (χ4v) is 3.21. The number of likely N-dealkylation sites (tertiary alicyclic amines) is 1. The zero-order chi connectivity index (χ0) is 13.0. The van der Waals surface area contributed by atoms with Crippen molar-refractivity contribution in [3.05, 3.63) is 0 Å². The Kier molecular flexibility index (Phi) is 5.01. The molecule has 1 amide bonds. The largest absolute Gasteiger partial charge is 0.343 e. The highest BCUT2D eigenvalue weighted by Gasteiger charge is 2.26. The van der Waals surface area contributed by atoms with Crippen molar-refractivity contribution in [3.63, 3.8) is 0 Å². The van der Waals surface area contributed by atoms with Crippen LogP contribution in [0.3, 0.4) is 0 Å². The first-order valence-corrected chi connectivity index (χ1v) is 7.43. The quantitative estimate of drug-likeness (QED) is 0.771. The van der Waals surface area contributed by atoms with Gasteiger partial charge in [-0.05, 0) is 38.0 Å². The first-order chi connectivity index (χ1) is 8.69. The van der Waals surface area contributed by atoms with Crippen LogP contribution in [-0.4, -0.2) is 42.5 Å². The number of amides is 1. The second kappa shape index (κ2) is 6.53. The van der Waals surface area contributed by atoms with E-state index in [-0.39, 0.29) is 11.9 Å². The Labute approximate surface area is 110 Å². The number of rotatable bonds is 5. The first kappa shape index (κ1) is 13.8. The van der Waals surface area contributed by atoms with Crippen molar-refractivity contribution in [1.82, 2.24) is 10.2 Å². The molecule has 2 rings (SSSR count). The van der Waals surface area contributed by atoms with E-state index in [4.69, 9.17) is 5.73 Å². The van der Waals surface area contributed by atoms with Crippen molar-refractivity contribution in [3.8, 4) is 0 Å². The summed E-state index contributed by atoms with van der Waals surface area (Å²) in [4.78, 5) is 14.1. The average Bonchev–Trinajstić information content (AvgIpc) is 2.99. The van der Waals surface area contributed by atoms with E-state index in [9.17, 15) is 4.79 Å². The lowest BCUT2D eigenvalue weighted by molar-refractivity contribution is -0.130. The molecule has 4 nitrogen and oxygen atoms in total. The summed E-state index contributed by atoms with van der Waals surface area (Å²) in [6.07, 6.45) is 6.65. The number of carbonyl (C=O) groups is 1. The van der Waals surface area contributed by atoms with E-state index >= 15 is 0 Å². The minimum absolute atomic E-state index is 0.161. The van der Waals surface area contributed by atoms with Crippen LogP contribution in [0.5, 0.6) is 0 Å². The van der Waals surface area contributed by atoms with Crippen molar-refractivity contribution in [1.29, 1.82) is 0 Å². The third-order valence-electron chi connectivity index (χ3n) is 4.33. The van der Waals surface area contributed by atoms with E-state index in [0.717, 1.165) is 31.8 Å². The molecule has 1 aliphatic carbocycles. The number of nitrogens with zero attached hydrogens (tertiary/aromatic N) is 1. The maximum Gasteiger partial charge on any atom is 0.224 e.